The van der Waals surface area contributed by atoms with Gasteiger partial charge in [-0.15, -0.1) is 0 Å². The number of aromatic nitrogens is 3. The third-order valence-electron chi connectivity index (χ3n) is 7.67. The van der Waals surface area contributed by atoms with Crippen LogP contribution in [0.1, 0.15) is 54.3 Å². The molecule has 0 N–H and O–H groups in total. The van der Waals surface area contributed by atoms with Gasteiger partial charge in [-0.2, -0.15) is 0 Å². The zero-order valence-corrected chi connectivity index (χ0v) is 14.8. The van der Waals surface area contributed by atoms with Gasteiger partial charge in [-0.05, 0) is 48.4 Å². The fraction of sp³-hybridized carbons (Fsp3) is 0.364. The molecule has 3 aromatic rings. The Labute approximate surface area is 155 Å². The SMILES string of the molecule is O=c1n(-c2ccccc2)c(=O)n2n1[C@H]1[C@@H]3c4ccccc4[C@@H](C[C@@H]32)C12CC2. The molecular formula is C22H19N3O2. The maximum atomic E-state index is 13.4. The monoisotopic (exact) mass is 357 g/mol. The Morgan fingerprint density at radius 3 is 2.22 bits per heavy atom. The van der Waals surface area contributed by atoms with Crippen LogP contribution in [0.5, 0.6) is 0 Å². The summed E-state index contributed by atoms with van der Waals surface area (Å²) < 4.78 is 5.01. The smallest absolute Gasteiger partial charge is 0.245 e. The van der Waals surface area contributed by atoms with Crippen molar-refractivity contribution >= 4 is 0 Å². The molecule has 2 heterocycles. The Morgan fingerprint density at radius 2 is 1.48 bits per heavy atom. The molecule has 0 radical (unpaired) electrons. The second-order valence-electron chi connectivity index (χ2n) is 8.61. The van der Waals surface area contributed by atoms with Gasteiger partial charge in [0, 0.05) is 11.3 Å². The third-order valence-corrected chi connectivity index (χ3v) is 7.67. The van der Waals surface area contributed by atoms with Gasteiger partial charge in [0.1, 0.15) is 0 Å². The highest BCUT2D eigenvalue weighted by Crippen LogP contribution is 2.77. The summed E-state index contributed by atoms with van der Waals surface area (Å²) in [5.41, 5.74) is 3.31. The molecule has 4 bridgehead atoms. The highest BCUT2D eigenvalue weighted by atomic mass is 16.2. The van der Waals surface area contributed by atoms with Crippen LogP contribution in [0.15, 0.2) is 64.2 Å². The van der Waals surface area contributed by atoms with Crippen molar-refractivity contribution in [3.8, 4) is 5.69 Å². The van der Waals surface area contributed by atoms with Gasteiger partial charge in [0.05, 0.1) is 17.8 Å². The van der Waals surface area contributed by atoms with Gasteiger partial charge >= 0.3 is 11.4 Å². The van der Waals surface area contributed by atoms with Crippen LogP contribution < -0.4 is 11.4 Å². The van der Waals surface area contributed by atoms with E-state index in [2.05, 4.69) is 24.3 Å². The Balaban J connectivity index is 1.53. The van der Waals surface area contributed by atoms with Crippen LogP contribution in [0.2, 0.25) is 0 Å². The van der Waals surface area contributed by atoms with E-state index in [1.807, 2.05) is 35.0 Å². The lowest BCUT2D eigenvalue weighted by atomic mass is 9.56. The van der Waals surface area contributed by atoms with E-state index in [4.69, 9.17) is 0 Å². The van der Waals surface area contributed by atoms with Crippen molar-refractivity contribution in [2.45, 2.75) is 43.2 Å². The molecule has 0 saturated heterocycles. The molecule has 2 aromatic carbocycles. The van der Waals surface area contributed by atoms with Gasteiger partial charge in [0.15, 0.2) is 0 Å². The molecule has 1 aliphatic heterocycles. The summed E-state index contributed by atoms with van der Waals surface area (Å²) in [6, 6.07) is 18.3. The topological polar surface area (TPSA) is 48.9 Å². The normalized spacial score (nSPS) is 30.4. The van der Waals surface area contributed by atoms with Gasteiger partial charge in [-0.1, -0.05) is 42.5 Å². The highest BCUT2D eigenvalue weighted by Gasteiger charge is 2.70. The van der Waals surface area contributed by atoms with E-state index in [9.17, 15) is 9.59 Å². The zero-order valence-electron chi connectivity index (χ0n) is 14.8. The van der Waals surface area contributed by atoms with Crippen LogP contribution in [0.25, 0.3) is 5.69 Å². The molecule has 1 aromatic heterocycles. The number of hydrogen-bond donors (Lipinski definition) is 0. The van der Waals surface area contributed by atoms with Crippen LogP contribution in [0.3, 0.4) is 0 Å². The lowest BCUT2D eigenvalue weighted by Crippen LogP contribution is -2.43. The fourth-order valence-corrected chi connectivity index (χ4v) is 6.60. The first-order valence-corrected chi connectivity index (χ1v) is 9.83. The Hall–Kier alpha value is -2.82. The summed E-state index contributed by atoms with van der Waals surface area (Å²) in [5, 5.41) is 0. The van der Waals surface area contributed by atoms with Crippen molar-refractivity contribution in [3.63, 3.8) is 0 Å². The van der Waals surface area contributed by atoms with E-state index in [0.717, 1.165) is 19.3 Å². The highest BCUT2D eigenvalue weighted by molar-refractivity contribution is 5.47. The van der Waals surface area contributed by atoms with Crippen molar-refractivity contribution < 1.29 is 0 Å². The van der Waals surface area contributed by atoms with Gasteiger partial charge < -0.3 is 0 Å². The molecule has 134 valence electrons. The van der Waals surface area contributed by atoms with Crippen molar-refractivity contribution in [3.05, 3.63) is 86.7 Å². The van der Waals surface area contributed by atoms with Crippen LogP contribution in [-0.4, -0.2) is 13.9 Å². The second-order valence-corrected chi connectivity index (χ2v) is 8.61. The van der Waals surface area contributed by atoms with E-state index in [-0.39, 0.29) is 34.8 Å². The minimum Gasteiger partial charge on any atom is -0.245 e. The quantitative estimate of drug-likeness (QED) is 0.672. The summed E-state index contributed by atoms with van der Waals surface area (Å²) in [7, 11) is 0. The van der Waals surface area contributed by atoms with Crippen molar-refractivity contribution in [2.24, 2.45) is 5.41 Å². The molecule has 2 fully saturated rings. The average Bonchev–Trinajstić information content (AvgIpc) is 3.35. The van der Waals surface area contributed by atoms with Gasteiger partial charge in [-0.3, -0.25) is 0 Å². The summed E-state index contributed by atoms with van der Waals surface area (Å²) >= 11 is 0. The molecule has 0 amide bonds. The van der Waals surface area contributed by atoms with E-state index >= 15 is 0 Å². The predicted octanol–water partition coefficient (Wildman–Crippen LogP) is 2.96. The molecule has 8 rings (SSSR count). The van der Waals surface area contributed by atoms with E-state index in [1.165, 1.54) is 15.7 Å². The number of nitrogens with zero attached hydrogens (tertiary/aromatic N) is 3. The summed E-state index contributed by atoms with van der Waals surface area (Å²) in [5.74, 6) is 0.740. The maximum Gasteiger partial charge on any atom is 0.352 e. The van der Waals surface area contributed by atoms with E-state index in [0.29, 0.717) is 11.6 Å². The fourth-order valence-electron chi connectivity index (χ4n) is 6.60. The van der Waals surface area contributed by atoms with E-state index in [1.54, 1.807) is 4.68 Å². The molecule has 2 saturated carbocycles. The first-order chi connectivity index (χ1) is 13.2. The van der Waals surface area contributed by atoms with Crippen LogP contribution in [0.4, 0.5) is 0 Å². The largest absolute Gasteiger partial charge is 0.352 e. The predicted molar refractivity (Wildman–Crippen MR) is 101 cm³/mol. The minimum absolute atomic E-state index is 0.103. The molecule has 1 spiro atoms. The van der Waals surface area contributed by atoms with Crippen molar-refractivity contribution in [2.75, 3.05) is 0 Å². The standard InChI is InChI=1S/C22H19N3O2/c26-20-23(13-6-2-1-3-7-13)21(27)25-19-18-15-9-5-4-8-14(15)16(22(19)10-11-22)12-17(18)24(20)25/h1-9,16-19H,10-12H2/t16-,17+,18-,19+/m1/s1. The molecule has 0 unspecified atom stereocenters. The summed E-state index contributed by atoms with van der Waals surface area (Å²) in [6.45, 7) is 0. The lowest BCUT2D eigenvalue weighted by Gasteiger charge is -2.48. The Morgan fingerprint density at radius 1 is 0.815 bits per heavy atom. The van der Waals surface area contributed by atoms with Gasteiger partial charge in [0.2, 0.25) is 0 Å². The molecular weight excluding hydrogens is 338 g/mol. The maximum absolute atomic E-state index is 13.4. The molecule has 4 aliphatic carbocycles. The molecule has 5 heteroatoms. The molecule has 4 atom stereocenters. The lowest BCUT2D eigenvalue weighted by molar-refractivity contribution is 0.144. The van der Waals surface area contributed by atoms with E-state index < -0.39 is 0 Å². The second kappa shape index (κ2) is 4.35. The van der Waals surface area contributed by atoms with Crippen LogP contribution in [0, 0.1) is 5.41 Å². The summed E-state index contributed by atoms with van der Waals surface area (Å²) in [6.07, 6.45) is 3.31. The number of rotatable bonds is 1. The first-order valence-electron chi connectivity index (χ1n) is 9.83. The summed E-state index contributed by atoms with van der Waals surface area (Å²) in [4.78, 5) is 26.8. The number of benzene rings is 2. The molecule has 27 heavy (non-hydrogen) atoms. The number of hydrogen-bond acceptors (Lipinski definition) is 2. The third kappa shape index (κ3) is 1.43. The van der Waals surface area contributed by atoms with Gasteiger partial charge in [-0.25, -0.2) is 23.5 Å². The minimum atomic E-state index is -0.181. The first kappa shape index (κ1) is 14.3. The zero-order chi connectivity index (χ0) is 17.9. The number of fused-ring (bicyclic) bond motifs is 1. The van der Waals surface area contributed by atoms with Gasteiger partial charge in [0.25, 0.3) is 0 Å². The Bertz CT molecular complexity index is 1230. The van der Waals surface area contributed by atoms with Crippen LogP contribution in [-0.2, 0) is 0 Å². The van der Waals surface area contributed by atoms with Crippen molar-refractivity contribution in [1.82, 2.24) is 13.9 Å². The van der Waals surface area contributed by atoms with Crippen molar-refractivity contribution in [1.29, 1.82) is 0 Å². The number of para-hydroxylation sites is 1. The molecule has 5 aliphatic rings. The molecule has 5 nitrogen and oxygen atoms in total. The average molecular weight is 357 g/mol. The van der Waals surface area contributed by atoms with Crippen LogP contribution >= 0.6 is 0 Å². The Kier molecular flexibility index (Phi) is 2.30.